The highest BCUT2D eigenvalue weighted by molar-refractivity contribution is 6.07. The van der Waals surface area contributed by atoms with Crippen LogP contribution in [0.5, 0.6) is 0 Å². The van der Waals surface area contributed by atoms with E-state index in [2.05, 4.69) is 58.5 Å². The minimum atomic E-state index is -1.59. The first-order chi connectivity index (χ1) is 60.4. The van der Waals surface area contributed by atoms with Crippen molar-refractivity contribution in [1.82, 2.24) is 68.3 Å². The standard InChI is InChI=1S/C94H121N13O18/c1-63(2)55-75-87(114)105-78(58-66-33-13-6-14-34-66)90(117)107-54-30-48-80(107)88(115)101-72(44-24-26-50-96-92(119)123-60-68-37-17-8-18-38-68)83(110)100-74(46-28-52-98-94(121)125-62-70-41-21-10-22-42-70)85(112)103-76(56-64(3)4)86(113)104-77(57-65-31-11-5-12-32-65)89(116)106-53-29-47-79(106)81(108)71(43-23-25-49-95-91(118)122-59-67-35-15-7-16-36-67)82(109)99-73(84(111)102-75)45-27-51-97-93(120)124-61-69-39-19-9-20-40-69/h5-22,31-42,63-64,71-80H,23-30,43-62H2,1-4H3,(H,95,118)(H,96,119)(H,97,120)(H,98,121)(H,99,109)(H,100,110)(H,101,115)(H,102,111)(H,103,112)(H,104,113)(H,105,114)/t71-,72-,73-,74-,75-,76-,77+,78+,79-,80-/m0/s1. The van der Waals surface area contributed by atoms with E-state index in [1.165, 1.54) is 9.80 Å². The minimum Gasteiger partial charge on any atom is -0.445 e. The molecule has 0 aliphatic carbocycles. The molecule has 670 valence electrons. The van der Waals surface area contributed by atoms with E-state index in [0.29, 0.717) is 17.5 Å². The van der Waals surface area contributed by atoms with Crippen LogP contribution in [-0.4, -0.2) is 187 Å². The Labute approximate surface area is 730 Å². The molecule has 9 rings (SSSR count). The maximum absolute atomic E-state index is 15.8. The van der Waals surface area contributed by atoms with Gasteiger partial charge in [-0.15, -0.1) is 0 Å². The molecular formula is C94H121N13O18. The van der Waals surface area contributed by atoms with Gasteiger partial charge in [0.05, 0.1) is 12.0 Å². The molecule has 3 heterocycles. The van der Waals surface area contributed by atoms with Crippen molar-refractivity contribution in [2.75, 3.05) is 39.3 Å². The fraction of sp³-hybridized carbons (Fsp3) is 0.468. The highest BCUT2D eigenvalue weighted by Crippen LogP contribution is 2.28. The number of hydrogen-bond donors (Lipinski definition) is 11. The largest absolute Gasteiger partial charge is 0.445 e. The highest BCUT2D eigenvalue weighted by atomic mass is 16.6. The van der Waals surface area contributed by atoms with Crippen molar-refractivity contribution in [3.05, 3.63) is 215 Å². The van der Waals surface area contributed by atoms with Crippen molar-refractivity contribution in [1.29, 1.82) is 0 Å². The van der Waals surface area contributed by atoms with Gasteiger partial charge in [0, 0.05) is 52.1 Å². The molecule has 6 aromatic carbocycles. The lowest BCUT2D eigenvalue weighted by atomic mass is 9.89. The lowest BCUT2D eigenvalue weighted by molar-refractivity contribution is -0.145. The van der Waals surface area contributed by atoms with Crippen LogP contribution in [-0.2, 0) is 106 Å². The van der Waals surface area contributed by atoms with Crippen LogP contribution >= 0.6 is 0 Å². The van der Waals surface area contributed by atoms with Crippen molar-refractivity contribution in [3.63, 3.8) is 0 Å². The molecule has 11 N–H and O–H groups in total. The number of nitrogens with zero attached hydrogens (tertiary/aromatic N) is 2. The fourth-order valence-electron chi connectivity index (χ4n) is 15.3. The molecule has 31 heteroatoms. The van der Waals surface area contributed by atoms with E-state index in [1.807, 2.05) is 76.2 Å². The summed E-state index contributed by atoms with van der Waals surface area (Å²) in [4.78, 5) is 210. The van der Waals surface area contributed by atoms with Crippen LogP contribution in [0.4, 0.5) is 19.2 Å². The van der Waals surface area contributed by atoms with E-state index in [1.54, 1.807) is 133 Å². The first-order valence-electron chi connectivity index (χ1n) is 43.6. The predicted octanol–water partition coefficient (Wildman–Crippen LogP) is 8.75. The Morgan fingerprint density at radius 3 is 0.944 bits per heavy atom. The molecular weight excluding hydrogens is 1600 g/mol. The van der Waals surface area contributed by atoms with Gasteiger partial charge in [-0.1, -0.05) is 216 Å². The number of carbonyl (C=O) groups is 14. The monoisotopic (exact) mass is 1720 g/mol. The first kappa shape index (κ1) is 96.1. The second-order valence-corrected chi connectivity index (χ2v) is 32.6. The molecule has 13 amide bonds. The second-order valence-electron chi connectivity index (χ2n) is 32.6. The zero-order valence-electron chi connectivity index (χ0n) is 71.8. The number of rotatable bonds is 34. The predicted molar refractivity (Wildman–Crippen MR) is 465 cm³/mol. The lowest BCUT2D eigenvalue weighted by Crippen LogP contribution is -2.60. The summed E-state index contributed by atoms with van der Waals surface area (Å²) in [5, 5.41) is 31.0. The number of ketones is 1. The normalized spacial score (nSPS) is 20.9. The number of ether oxygens (including phenoxy) is 4. The van der Waals surface area contributed by atoms with Crippen LogP contribution in [0.25, 0.3) is 0 Å². The number of benzene rings is 6. The van der Waals surface area contributed by atoms with Crippen molar-refractivity contribution in [2.24, 2.45) is 17.8 Å². The summed E-state index contributed by atoms with van der Waals surface area (Å²) in [6.07, 6.45) is -2.21. The number of carbonyl (C=O) groups excluding carboxylic acids is 14. The molecule has 0 spiro atoms. The zero-order chi connectivity index (χ0) is 89.2. The van der Waals surface area contributed by atoms with Crippen LogP contribution < -0.4 is 58.5 Å². The SMILES string of the molecule is CC(C)C[C@@H]1NC(=O)[C@H](CCCNC(=O)OCc2ccccc2)NC(=O)[C@@H](CCCCNC(=O)OCc2ccccc2)C(=O)[C@@H]2CCCN2C(=O)[C@@H](Cc2ccccc2)NC(=O)[C@H](CC(C)C)NC(=O)[C@H](CCCNC(=O)OCc2ccccc2)NC(=O)[C@H](CCCCNC(=O)OCc2ccccc2)NC(=O)[C@@H]2CCCN2C(=O)[C@@H](Cc2ccccc2)NC1=O. The number of amides is 13. The molecule has 3 aliphatic heterocycles. The third-order valence-electron chi connectivity index (χ3n) is 21.8. The molecule has 31 nitrogen and oxygen atoms in total. The second kappa shape index (κ2) is 51.4. The number of alkyl carbamates (subject to hydrolysis) is 4. The van der Waals surface area contributed by atoms with Crippen LogP contribution in [0, 0.1) is 17.8 Å². The topological polar surface area (TPSA) is 415 Å². The zero-order valence-corrected chi connectivity index (χ0v) is 71.8. The highest BCUT2D eigenvalue weighted by Gasteiger charge is 2.45. The number of fused-ring (bicyclic) bond motifs is 2. The van der Waals surface area contributed by atoms with Gasteiger partial charge in [0.15, 0.2) is 5.78 Å². The van der Waals surface area contributed by atoms with Crippen LogP contribution in [0.3, 0.4) is 0 Å². The Kier molecular flexibility index (Phi) is 39.5. The van der Waals surface area contributed by atoms with Gasteiger partial charge in [-0.2, -0.15) is 0 Å². The smallest absolute Gasteiger partial charge is 0.407 e. The van der Waals surface area contributed by atoms with Gasteiger partial charge in [0.2, 0.25) is 53.2 Å². The molecule has 3 saturated heterocycles. The summed E-state index contributed by atoms with van der Waals surface area (Å²) in [6, 6.07) is 41.1. The molecule has 10 atom stereocenters. The summed E-state index contributed by atoms with van der Waals surface area (Å²) < 4.78 is 21.8. The average Bonchev–Trinajstić information content (AvgIpc) is 1.71. The summed E-state index contributed by atoms with van der Waals surface area (Å²) in [6.45, 7) is 7.19. The molecule has 6 aromatic rings. The van der Waals surface area contributed by atoms with Gasteiger partial charge >= 0.3 is 24.4 Å². The fourth-order valence-corrected chi connectivity index (χ4v) is 15.3. The van der Waals surface area contributed by atoms with E-state index in [-0.39, 0.29) is 187 Å². The summed E-state index contributed by atoms with van der Waals surface area (Å²) in [7, 11) is 0. The van der Waals surface area contributed by atoms with E-state index < -0.39 is 144 Å². The van der Waals surface area contributed by atoms with E-state index in [0.717, 1.165) is 22.3 Å². The summed E-state index contributed by atoms with van der Waals surface area (Å²) in [5.41, 5.74) is 4.19. The lowest BCUT2D eigenvalue weighted by Gasteiger charge is -2.32. The average molecular weight is 1720 g/mol. The van der Waals surface area contributed by atoms with E-state index in [9.17, 15) is 19.2 Å². The van der Waals surface area contributed by atoms with Crippen molar-refractivity contribution >= 4 is 83.3 Å². The Morgan fingerprint density at radius 2 is 0.592 bits per heavy atom. The first-order valence-corrected chi connectivity index (χ1v) is 43.6. The van der Waals surface area contributed by atoms with Gasteiger partial charge in [0.25, 0.3) is 0 Å². The van der Waals surface area contributed by atoms with Gasteiger partial charge in [-0.3, -0.25) is 47.9 Å². The van der Waals surface area contributed by atoms with Crippen molar-refractivity contribution in [2.45, 2.75) is 224 Å². The van der Waals surface area contributed by atoms with Gasteiger partial charge < -0.3 is 87.2 Å². The third kappa shape index (κ3) is 32.8. The molecule has 0 radical (unpaired) electrons. The third-order valence-corrected chi connectivity index (χ3v) is 21.8. The molecule has 0 unspecified atom stereocenters. The van der Waals surface area contributed by atoms with Crippen molar-refractivity contribution in [3.8, 4) is 0 Å². The number of nitrogens with one attached hydrogen (secondary N) is 11. The Hall–Kier alpha value is -12.7. The molecule has 3 fully saturated rings. The quantitative estimate of drug-likeness (QED) is 0.0102. The van der Waals surface area contributed by atoms with E-state index in [4.69, 9.17) is 18.9 Å². The summed E-state index contributed by atoms with van der Waals surface area (Å²) in [5.74, 6) is -10.1. The molecule has 3 aliphatic rings. The van der Waals surface area contributed by atoms with Crippen molar-refractivity contribution < 1.29 is 86.1 Å². The maximum atomic E-state index is 15.8. The molecule has 0 aromatic heterocycles. The molecule has 0 saturated carbocycles. The number of Topliss-reactive ketones (excluding diaryl/α,β-unsaturated/α-hetero) is 1. The van der Waals surface area contributed by atoms with Gasteiger partial charge in [-0.05, 0) is 142 Å². The molecule has 125 heavy (non-hydrogen) atoms. The number of hydrogen-bond acceptors (Lipinski definition) is 18. The minimum absolute atomic E-state index is 0.00331. The maximum Gasteiger partial charge on any atom is 0.407 e. The summed E-state index contributed by atoms with van der Waals surface area (Å²) >= 11 is 0. The van der Waals surface area contributed by atoms with Gasteiger partial charge in [0.1, 0.15) is 74.8 Å². The molecule has 0 bridgehead atoms. The van der Waals surface area contributed by atoms with Crippen LogP contribution in [0.15, 0.2) is 182 Å². The van der Waals surface area contributed by atoms with Gasteiger partial charge in [-0.25, -0.2) is 19.2 Å². The van der Waals surface area contributed by atoms with Crippen LogP contribution in [0.2, 0.25) is 0 Å². The Balaban J connectivity index is 1.08. The number of unbranched alkanes of at least 4 members (excludes halogenated alkanes) is 2. The van der Waals surface area contributed by atoms with E-state index >= 15 is 47.9 Å². The Bertz CT molecular complexity index is 4480. The van der Waals surface area contributed by atoms with Crippen LogP contribution in [0.1, 0.15) is 164 Å². The Morgan fingerprint density at radius 1 is 0.320 bits per heavy atom.